The molecule has 0 saturated heterocycles. The SMILES string of the molecule is Cn1cc(-c2ccc(N(C(=O)NCc3ccccc3)C3CCC(Nc4ncc(C#N)c(-c5ccc(C#N)s5)n4)CC3)nn2)cn1. The van der Waals surface area contributed by atoms with Gasteiger partial charge in [0, 0.05) is 37.4 Å². The molecule has 0 unspecified atom stereocenters. The fourth-order valence-electron chi connectivity index (χ4n) is 5.38. The van der Waals surface area contributed by atoms with Gasteiger partial charge in [-0.15, -0.1) is 21.5 Å². The van der Waals surface area contributed by atoms with Crippen molar-refractivity contribution in [3.63, 3.8) is 0 Å². The minimum absolute atomic E-state index is 0.0771. The van der Waals surface area contributed by atoms with Crippen molar-refractivity contribution in [2.45, 2.75) is 44.3 Å². The van der Waals surface area contributed by atoms with Gasteiger partial charge >= 0.3 is 6.03 Å². The van der Waals surface area contributed by atoms with Crippen LogP contribution >= 0.6 is 11.3 Å². The Balaban J connectivity index is 1.17. The van der Waals surface area contributed by atoms with E-state index in [0.717, 1.165) is 41.7 Å². The molecule has 5 aromatic rings. The standard InChI is InChI=1S/C32H29N11OS/c1-42-20-23(19-37-42)27-12-14-29(41-40-27)43(32(44)36-17-21-5-3-2-4-6-21)25-9-7-24(8-10-25)38-31-35-18-22(15-33)30(39-31)28-13-11-26(16-34)45-28/h2-6,11-14,18-20,24-25H,7-10,17H2,1H3,(H,36,44)(H,35,38,39). The van der Waals surface area contributed by atoms with Crippen LogP contribution in [0.5, 0.6) is 0 Å². The monoisotopic (exact) mass is 615 g/mol. The van der Waals surface area contributed by atoms with E-state index < -0.39 is 0 Å². The van der Waals surface area contributed by atoms with Crippen LogP contribution in [0.2, 0.25) is 0 Å². The Kier molecular flexibility index (Phi) is 8.71. The number of nitrogens with one attached hydrogen (secondary N) is 2. The summed E-state index contributed by atoms with van der Waals surface area (Å²) in [6.07, 6.45) is 8.09. The van der Waals surface area contributed by atoms with Crippen LogP contribution in [0, 0.1) is 22.7 Å². The summed E-state index contributed by atoms with van der Waals surface area (Å²) in [6.45, 7) is 0.396. The average molecular weight is 616 g/mol. The van der Waals surface area contributed by atoms with Gasteiger partial charge in [0.05, 0.1) is 28.5 Å². The fourth-order valence-corrected chi connectivity index (χ4v) is 6.19. The first-order chi connectivity index (χ1) is 22.0. The summed E-state index contributed by atoms with van der Waals surface area (Å²) in [5.74, 6) is 0.908. The predicted molar refractivity (Wildman–Crippen MR) is 170 cm³/mol. The molecule has 6 rings (SSSR count). The number of carbonyl (C=O) groups excluding carboxylic acids is 1. The lowest BCUT2D eigenvalue weighted by Crippen LogP contribution is -2.49. The van der Waals surface area contributed by atoms with Crippen LogP contribution in [0.1, 0.15) is 41.7 Å². The molecule has 1 aliphatic rings. The smallest absolute Gasteiger partial charge is 0.323 e. The number of anilines is 2. The number of nitriles is 2. The molecule has 224 valence electrons. The van der Waals surface area contributed by atoms with Crippen molar-refractivity contribution >= 4 is 29.1 Å². The second kappa shape index (κ2) is 13.3. The molecule has 0 aliphatic heterocycles. The highest BCUT2D eigenvalue weighted by atomic mass is 32.1. The fraction of sp³-hybridized carbons (Fsp3) is 0.250. The van der Waals surface area contributed by atoms with E-state index in [1.54, 1.807) is 27.9 Å². The molecule has 4 aromatic heterocycles. The van der Waals surface area contributed by atoms with Gasteiger partial charge in [0.15, 0.2) is 5.82 Å². The maximum Gasteiger partial charge on any atom is 0.323 e. The second-order valence-electron chi connectivity index (χ2n) is 10.7. The van der Waals surface area contributed by atoms with Gasteiger partial charge in [0.1, 0.15) is 22.7 Å². The lowest BCUT2D eigenvalue weighted by atomic mass is 9.90. The molecule has 1 saturated carbocycles. The number of aromatic nitrogens is 6. The number of hydrogen-bond acceptors (Lipinski definition) is 10. The van der Waals surface area contributed by atoms with Crippen LogP contribution in [-0.2, 0) is 13.6 Å². The summed E-state index contributed by atoms with van der Waals surface area (Å²) in [5, 5.41) is 38.4. The van der Waals surface area contributed by atoms with Crippen molar-refractivity contribution in [2.75, 3.05) is 10.2 Å². The molecule has 0 atom stereocenters. The molecule has 13 heteroatoms. The molecule has 1 aliphatic carbocycles. The quantitative estimate of drug-likeness (QED) is 0.237. The number of benzene rings is 1. The van der Waals surface area contributed by atoms with Gasteiger partial charge in [-0.3, -0.25) is 9.58 Å². The highest BCUT2D eigenvalue weighted by molar-refractivity contribution is 7.16. The molecule has 2 amide bonds. The number of urea groups is 1. The number of nitrogens with zero attached hydrogens (tertiary/aromatic N) is 9. The Hall–Kier alpha value is -5.66. The van der Waals surface area contributed by atoms with E-state index in [4.69, 9.17) is 0 Å². The topological polar surface area (TPSA) is 161 Å². The molecular formula is C32H29N11OS. The minimum atomic E-state index is -0.230. The van der Waals surface area contributed by atoms with Gasteiger partial charge in [-0.25, -0.2) is 14.8 Å². The molecule has 45 heavy (non-hydrogen) atoms. The summed E-state index contributed by atoms with van der Waals surface area (Å²) in [4.78, 5) is 25.7. The number of amides is 2. The molecule has 0 spiro atoms. The van der Waals surface area contributed by atoms with Crippen LogP contribution < -0.4 is 15.5 Å². The van der Waals surface area contributed by atoms with Gasteiger partial charge in [-0.2, -0.15) is 15.6 Å². The molecule has 12 nitrogen and oxygen atoms in total. The second-order valence-corrected chi connectivity index (χ2v) is 11.8. The van der Waals surface area contributed by atoms with E-state index in [2.05, 4.69) is 48.0 Å². The van der Waals surface area contributed by atoms with E-state index >= 15 is 0 Å². The summed E-state index contributed by atoms with van der Waals surface area (Å²) in [5.41, 5.74) is 3.39. The van der Waals surface area contributed by atoms with Crippen LogP contribution in [0.4, 0.5) is 16.6 Å². The molecule has 0 radical (unpaired) electrons. The molecule has 1 aromatic carbocycles. The molecule has 1 fully saturated rings. The molecule has 4 heterocycles. The summed E-state index contributed by atoms with van der Waals surface area (Å²) in [7, 11) is 1.84. The van der Waals surface area contributed by atoms with Gasteiger partial charge in [-0.05, 0) is 55.5 Å². The highest BCUT2D eigenvalue weighted by Gasteiger charge is 2.31. The van der Waals surface area contributed by atoms with Crippen molar-refractivity contribution in [3.05, 3.63) is 89.2 Å². The van der Waals surface area contributed by atoms with Gasteiger partial charge in [-0.1, -0.05) is 30.3 Å². The lowest BCUT2D eigenvalue weighted by molar-refractivity contribution is 0.240. The van der Waals surface area contributed by atoms with Gasteiger partial charge in [0.2, 0.25) is 5.95 Å². The van der Waals surface area contributed by atoms with Gasteiger partial charge < -0.3 is 10.6 Å². The maximum absolute atomic E-state index is 13.7. The molecular weight excluding hydrogens is 586 g/mol. The zero-order chi connectivity index (χ0) is 31.2. The largest absolute Gasteiger partial charge is 0.351 e. The van der Waals surface area contributed by atoms with E-state index in [1.807, 2.05) is 55.7 Å². The summed E-state index contributed by atoms with van der Waals surface area (Å²) >= 11 is 1.29. The first kappa shape index (κ1) is 29.4. The van der Waals surface area contributed by atoms with E-state index in [9.17, 15) is 15.3 Å². The van der Waals surface area contributed by atoms with E-state index in [1.165, 1.54) is 17.5 Å². The Bertz CT molecular complexity index is 1860. The predicted octanol–water partition coefficient (Wildman–Crippen LogP) is 5.28. The third-order valence-corrected chi connectivity index (χ3v) is 8.65. The van der Waals surface area contributed by atoms with Crippen LogP contribution in [-0.4, -0.2) is 48.1 Å². The Morgan fingerprint density at radius 3 is 2.51 bits per heavy atom. The summed E-state index contributed by atoms with van der Waals surface area (Å²) < 4.78 is 1.71. The highest BCUT2D eigenvalue weighted by Crippen LogP contribution is 2.31. The Labute approximate surface area is 264 Å². The van der Waals surface area contributed by atoms with Crippen molar-refractivity contribution in [1.29, 1.82) is 10.5 Å². The minimum Gasteiger partial charge on any atom is -0.351 e. The number of aryl methyl sites for hydroxylation is 1. The van der Waals surface area contributed by atoms with Crippen molar-refractivity contribution in [3.8, 4) is 34.0 Å². The zero-order valence-corrected chi connectivity index (χ0v) is 25.3. The summed E-state index contributed by atoms with van der Waals surface area (Å²) in [6, 6.07) is 21.0. The number of hydrogen-bond donors (Lipinski definition) is 2. The Morgan fingerprint density at radius 1 is 1.02 bits per heavy atom. The normalized spacial score (nSPS) is 15.9. The lowest BCUT2D eigenvalue weighted by Gasteiger charge is -2.36. The Morgan fingerprint density at radius 2 is 1.84 bits per heavy atom. The van der Waals surface area contributed by atoms with Crippen LogP contribution in [0.3, 0.4) is 0 Å². The number of carbonyl (C=O) groups is 1. The van der Waals surface area contributed by atoms with Gasteiger partial charge in [0.25, 0.3) is 0 Å². The van der Waals surface area contributed by atoms with E-state index in [0.29, 0.717) is 40.1 Å². The van der Waals surface area contributed by atoms with E-state index in [-0.39, 0.29) is 18.1 Å². The first-order valence-corrected chi connectivity index (χ1v) is 15.3. The first-order valence-electron chi connectivity index (χ1n) is 14.5. The third-order valence-electron chi connectivity index (χ3n) is 7.66. The third kappa shape index (κ3) is 6.79. The van der Waals surface area contributed by atoms with Crippen molar-refractivity contribution in [2.24, 2.45) is 7.05 Å². The molecule has 2 N–H and O–H groups in total. The molecule has 0 bridgehead atoms. The van der Waals surface area contributed by atoms with Crippen molar-refractivity contribution < 1.29 is 4.79 Å². The van der Waals surface area contributed by atoms with Crippen LogP contribution in [0.15, 0.2) is 73.2 Å². The van der Waals surface area contributed by atoms with Crippen molar-refractivity contribution in [1.82, 2.24) is 35.3 Å². The average Bonchev–Trinajstić information content (AvgIpc) is 3.75. The van der Waals surface area contributed by atoms with Crippen LogP contribution in [0.25, 0.3) is 21.8 Å². The number of thiophene rings is 1. The number of rotatable bonds is 8. The maximum atomic E-state index is 13.7. The zero-order valence-electron chi connectivity index (χ0n) is 24.5.